The van der Waals surface area contributed by atoms with E-state index in [9.17, 15) is 0 Å². The Morgan fingerprint density at radius 1 is 0.667 bits per heavy atom. The van der Waals surface area contributed by atoms with Gasteiger partial charge >= 0.3 is 8.56 Å². The summed E-state index contributed by atoms with van der Waals surface area (Å²) in [6.07, 6.45) is 3.96. The van der Waals surface area contributed by atoms with E-state index in [0.717, 1.165) is 89.3 Å². The minimum absolute atomic E-state index is 0.312. The van der Waals surface area contributed by atoms with Gasteiger partial charge in [0, 0.05) is 19.8 Å². The molecule has 4 aliphatic rings. The van der Waals surface area contributed by atoms with Crippen LogP contribution in [0.5, 0.6) is 0 Å². The van der Waals surface area contributed by atoms with Crippen molar-refractivity contribution in [2.75, 3.05) is 59.5 Å². The number of hydrogen-bond donors (Lipinski definition) is 0. The lowest BCUT2D eigenvalue weighted by atomic mass is 10.5. The van der Waals surface area contributed by atoms with Crippen LogP contribution in [0.4, 0.5) is 0 Å². The summed E-state index contributed by atoms with van der Waals surface area (Å²) in [7, 11) is -8.20. The fourth-order valence-corrected chi connectivity index (χ4v) is 30.8. The van der Waals surface area contributed by atoms with Crippen LogP contribution in [0.2, 0.25) is 50.0 Å². The molecule has 0 aromatic rings. The predicted octanol–water partition coefficient (Wildman–Crippen LogP) is 3.08. The van der Waals surface area contributed by atoms with Gasteiger partial charge in [0.2, 0.25) is 0 Å². The smallest absolute Gasteiger partial charge is 0.315 e. The molecule has 0 aromatic carbocycles. The Labute approximate surface area is 222 Å². The lowest BCUT2D eigenvalue weighted by Gasteiger charge is -2.47. The minimum Gasteiger partial charge on any atom is -0.439 e. The van der Waals surface area contributed by atoms with Gasteiger partial charge in [0.25, 0.3) is 9.28 Å². The van der Waals surface area contributed by atoms with Crippen molar-refractivity contribution in [1.29, 1.82) is 0 Å². The first-order chi connectivity index (χ1) is 17.3. The summed E-state index contributed by atoms with van der Waals surface area (Å²) in [5.74, 6) is 0. The van der Waals surface area contributed by atoms with E-state index in [2.05, 4.69) is 26.2 Å². The van der Waals surface area contributed by atoms with Crippen molar-refractivity contribution in [2.45, 2.75) is 87.6 Å². The third kappa shape index (κ3) is 11.3. The molecule has 0 aliphatic carbocycles. The SMILES string of the molecule is C[SiH]1O[Si](C)(CCCOCC2CO2)C[Si](C)(CCCOCC2CO2)O[Si](C)(CCCOCC2CO2)O1. The van der Waals surface area contributed by atoms with Gasteiger partial charge in [0.1, 0.15) is 18.3 Å². The second kappa shape index (κ2) is 13.7. The van der Waals surface area contributed by atoms with E-state index in [1.54, 1.807) is 0 Å². The van der Waals surface area contributed by atoms with Gasteiger partial charge in [-0.3, -0.25) is 0 Å². The summed E-state index contributed by atoms with van der Waals surface area (Å²) >= 11 is 0. The van der Waals surface area contributed by atoms with Crippen LogP contribution in [0.15, 0.2) is 0 Å². The molecule has 4 rings (SSSR count). The van der Waals surface area contributed by atoms with Crippen LogP contribution >= 0.6 is 0 Å². The zero-order chi connectivity index (χ0) is 25.5. The van der Waals surface area contributed by atoms with Crippen LogP contribution in [0.25, 0.3) is 0 Å². The third-order valence-corrected chi connectivity index (χ3v) is 27.8. The topological polar surface area (TPSA) is 93.0 Å². The number of epoxide rings is 3. The van der Waals surface area contributed by atoms with Crippen LogP contribution in [0, 0.1) is 0 Å². The molecular weight excluding hydrogens is 533 g/mol. The minimum atomic E-state index is -2.36. The molecule has 7 unspecified atom stereocenters. The van der Waals surface area contributed by atoms with Crippen molar-refractivity contribution in [2.24, 2.45) is 0 Å². The Hall–Kier alpha value is 0.508. The standard InChI is InChI=1S/C23H48O9Si4/c1-33-30-34(2,11-5-8-24-14-21-17-27-21)20-35(3,12-6-9-25-15-22-18-28-22)32-36(4,31-33)13-7-10-26-16-23-19-29-23/h21-23,33H,5-20H2,1-4H3. The van der Waals surface area contributed by atoms with Crippen molar-refractivity contribution in [3.05, 3.63) is 0 Å². The summed E-state index contributed by atoms with van der Waals surface area (Å²) < 4.78 is 54.1. The maximum absolute atomic E-state index is 7.22. The highest BCUT2D eigenvalue weighted by Gasteiger charge is 2.50. The molecule has 0 N–H and O–H groups in total. The molecule has 4 heterocycles. The summed E-state index contributed by atoms with van der Waals surface area (Å²) in [5.41, 5.74) is 1.12. The van der Waals surface area contributed by atoms with Crippen LogP contribution < -0.4 is 0 Å². The Bertz CT molecular complexity index is 627. The number of ether oxygens (including phenoxy) is 6. The first-order valence-corrected chi connectivity index (χ1v) is 24.2. The molecule has 4 saturated heterocycles. The summed E-state index contributed by atoms with van der Waals surface area (Å²) in [6, 6.07) is 3.13. The van der Waals surface area contributed by atoms with Crippen LogP contribution in [0.1, 0.15) is 19.3 Å². The highest BCUT2D eigenvalue weighted by molar-refractivity contribution is 6.97. The second-order valence-electron chi connectivity index (χ2n) is 11.5. The molecule has 0 spiro atoms. The molecule has 0 bridgehead atoms. The fraction of sp³-hybridized carbons (Fsp3) is 1.00. The van der Waals surface area contributed by atoms with Crippen LogP contribution in [0.3, 0.4) is 0 Å². The first kappa shape index (κ1) is 29.5. The molecule has 0 amide bonds. The molecule has 4 aliphatic heterocycles. The molecule has 0 aromatic heterocycles. The van der Waals surface area contributed by atoms with E-state index in [4.69, 9.17) is 40.8 Å². The third-order valence-electron chi connectivity index (χ3n) is 7.10. The van der Waals surface area contributed by atoms with Gasteiger partial charge in [0.05, 0.1) is 39.6 Å². The number of rotatable bonds is 18. The van der Waals surface area contributed by atoms with Gasteiger partial charge in [-0.15, -0.1) is 0 Å². The molecule has 36 heavy (non-hydrogen) atoms. The summed E-state index contributed by atoms with van der Waals surface area (Å²) in [6.45, 7) is 16.2. The normalized spacial score (nSPS) is 40.0. The van der Waals surface area contributed by atoms with Gasteiger partial charge in [0.15, 0.2) is 16.6 Å². The predicted molar refractivity (Wildman–Crippen MR) is 146 cm³/mol. The maximum Gasteiger partial charge on any atom is 0.315 e. The van der Waals surface area contributed by atoms with Crippen molar-refractivity contribution < 1.29 is 40.8 Å². The Morgan fingerprint density at radius 2 is 1.11 bits per heavy atom. The molecular formula is C23H48O9Si4. The average Bonchev–Trinajstić information content (AvgIpc) is 3.64. The van der Waals surface area contributed by atoms with E-state index in [-0.39, 0.29) is 0 Å². The van der Waals surface area contributed by atoms with E-state index in [1.807, 2.05) is 0 Å². The first-order valence-electron chi connectivity index (χ1n) is 13.9. The van der Waals surface area contributed by atoms with Gasteiger partial charge in [-0.25, -0.2) is 0 Å². The molecule has 9 nitrogen and oxygen atoms in total. The van der Waals surface area contributed by atoms with Crippen molar-refractivity contribution in [3.63, 3.8) is 0 Å². The van der Waals surface area contributed by atoms with E-state index in [1.165, 1.54) is 0 Å². The second-order valence-corrected chi connectivity index (χ2v) is 26.3. The number of hydrogen-bond acceptors (Lipinski definition) is 9. The highest BCUT2D eigenvalue weighted by atomic mass is 28.5. The van der Waals surface area contributed by atoms with Crippen LogP contribution in [-0.2, 0) is 40.8 Å². The van der Waals surface area contributed by atoms with Crippen molar-refractivity contribution >= 4 is 34.5 Å². The monoisotopic (exact) mass is 580 g/mol. The van der Waals surface area contributed by atoms with Crippen molar-refractivity contribution in [1.82, 2.24) is 0 Å². The molecule has 7 atom stereocenters. The van der Waals surface area contributed by atoms with Crippen LogP contribution in [-0.4, -0.2) is 112 Å². The lowest BCUT2D eigenvalue weighted by Crippen LogP contribution is -2.61. The summed E-state index contributed by atoms with van der Waals surface area (Å²) in [5, 5.41) is 0. The Morgan fingerprint density at radius 3 is 1.58 bits per heavy atom. The average molecular weight is 581 g/mol. The van der Waals surface area contributed by atoms with Gasteiger partial charge in [-0.1, -0.05) is 0 Å². The zero-order valence-corrected chi connectivity index (χ0v) is 27.0. The van der Waals surface area contributed by atoms with E-state index < -0.39 is 34.5 Å². The molecule has 13 heteroatoms. The summed E-state index contributed by atoms with van der Waals surface area (Å²) in [4.78, 5) is 0. The van der Waals surface area contributed by atoms with Crippen molar-refractivity contribution in [3.8, 4) is 0 Å². The molecule has 210 valence electrons. The maximum atomic E-state index is 7.22. The zero-order valence-electron chi connectivity index (χ0n) is 22.8. The Kier molecular flexibility index (Phi) is 11.2. The quantitative estimate of drug-likeness (QED) is 0.138. The Balaban J connectivity index is 1.30. The largest absolute Gasteiger partial charge is 0.439 e. The molecule has 0 saturated carbocycles. The van der Waals surface area contributed by atoms with Gasteiger partial charge in [-0.05, 0) is 69.3 Å². The highest BCUT2D eigenvalue weighted by Crippen LogP contribution is 2.37. The molecule has 0 radical (unpaired) electrons. The molecule has 4 fully saturated rings. The fourth-order valence-electron chi connectivity index (χ4n) is 5.32. The van der Waals surface area contributed by atoms with E-state index in [0.29, 0.717) is 31.5 Å². The van der Waals surface area contributed by atoms with Gasteiger partial charge in [-0.2, -0.15) is 0 Å². The van der Waals surface area contributed by atoms with E-state index >= 15 is 0 Å². The lowest BCUT2D eigenvalue weighted by molar-refractivity contribution is 0.115. The van der Waals surface area contributed by atoms with Gasteiger partial charge < -0.3 is 40.8 Å².